The first-order valence-electron chi connectivity index (χ1n) is 5.25. The van der Waals surface area contributed by atoms with Crippen LogP contribution in [0.4, 0.5) is 10.1 Å². The molecule has 1 heterocycles. The molecule has 0 spiro atoms. The van der Waals surface area contributed by atoms with Crippen molar-refractivity contribution in [3.8, 4) is 0 Å². The fourth-order valence-electron chi connectivity index (χ4n) is 1.54. The van der Waals surface area contributed by atoms with Gasteiger partial charge in [0, 0.05) is 11.8 Å². The first kappa shape index (κ1) is 12.5. The number of nitrogens with zero attached hydrogens (tertiary/aromatic N) is 1. The molecule has 0 saturated carbocycles. The second kappa shape index (κ2) is 5.14. The van der Waals surface area contributed by atoms with Crippen molar-refractivity contribution in [2.24, 2.45) is 0 Å². The molecular weight excluding hydrogens is 255 g/mol. The monoisotopic (exact) mass is 264 g/mol. The van der Waals surface area contributed by atoms with Gasteiger partial charge in [0.2, 0.25) is 0 Å². The summed E-state index contributed by atoms with van der Waals surface area (Å²) in [5, 5.41) is 3.03. The Morgan fingerprint density at radius 2 is 2.17 bits per heavy atom. The molecule has 0 aliphatic carbocycles. The Hall–Kier alpha value is -1.94. The lowest BCUT2D eigenvalue weighted by molar-refractivity contribution is 0.102. The Balaban J connectivity index is 2.25. The number of carbonyl (C=O) groups excluding carboxylic acids is 1. The first-order chi connectivity index (χ1) is 8.58. The maximum atomic E-state index is 12.9. The third-order valence-corrected chi connectivity index (χ3v) is 2.78. The van der Waals surface area contributed by atoms with Crippen LogP contribution in [0.2, 0.25) is 5.02 Å². The van der Waals surface area contributed by atoms with Crippen LogP contribution < -0.4 is 5.32 Å². The molecule has 1 N–H and O–H groups in total. The number of aromatic nitrogens is 1. The molecular formula is C13H10ClFN2O. The Labute approximate surface area is 109 Å². The predicted molar refractivity (Wildman–Crippen MR) is 68.3 cm³/mol. The Bertz CT molecular complexity index is 601. The van der Waals surface area contributed by atoms with Crippen molar-refractivity contribution < 1.29 is 9.18 Å². The summed E-state index contributed by atoms with van der Waals surface area (Å²) in [5.74, 6) is -0.717. The normalized spacial score (nSPS) is 10.2. The Morgan fingerprint density at radius 1 is 1.39 bits per heavy atom. The maximum absolute atomic E-state index is 12.9. The van der Waals surface area contributed by atoms with E-state index < -0.39 is 0 Å². The van der Waals surface area contributed by atoms with E-state index in [1.54, 1.807) is 13.0 Å². The summed E-state index contributed by atoms with van der Waals surface area (Å²) in [4.78, 5) is 15.8. The molecule has 0 saturated heterocycles. The van der Waals surface area contributed by atoms with Crippen LogP contribution in [0.5, 0.6) is 0 Å². The highest BCUT2D eigenvalue weighted by Gasteiger charge is 2.11. The van der Waals surface area contributed by atoms with E-state index in [0.717, 1.165) is 0 Å². The standard InChI is InChI=1S/C13H10ClFN2O/c1-8-6-9(15)2-3-10(8)13(18)17-12-7-16-5-4-11(12)14/h2-7H,1H3,(H,17,18). The van der Waals surface area contributed by atoms with E-state index in [1.807, 2.05) is 0 Å². The van der Waals surface area contributed by atoms with Gasteiger partial charge in [0.15, 0.2) is 0 Å². The van der Waals surface area contributed by atoms with Crippen LogP contribution in [0.15, 0.2) is 36.7 Å². The van der Waals surface area contributed by atoms with Crippen LogP contribution in [0.1, 0.15) is 15.9 Å². The maximum Gasteiger partial charge on any atom is 0.256 e. The summed E-state index contributed by atoms with van der Waals surface area (Å²) in [5.41, 5.74) is 1.39. The van der Waals surface area contributed by atoms with Crippen LogP contribution in [0.3, 0.4) is 0 Å². The first-order valence-corrected chi connectivity index (χ1v) is 5.63. The fraction of sp³-hybridized carbons (Fsp3) is 0.0769. The molecule has 0 aliphatic rings. The molecule has 0 radical (unpaired) electrons. The number of nitrogens with one attached hydrogen (secondary N) is 1. The zero-order chi connectivity index (χ0) is 13.1. The number of aryl methyl sites for hydroxylation is 1. The smallest absolute Gasteiger partial charge is 0.256 e. The molecule has 1 amide bonds. The summed E-state index contributed by atoms with van der Waals surface area (Å²) < 4.78 is 12.9. The quantitative estimate of drug-likeness (QED) is 0.903. The molecule has 3 nitrogen and oxygen atoms in total. The van der Waals surface area contributed by atoms with E-state index in [2.05, 4.69) is 10.3 Å². The van der Waals surface area contributed by atoms with Crippen molar-refractivity contribution in [2.75, 3.05) is 5.32 Å². The lowest BCUT2D eigenvalue weighted by Crippen LogP contribution is -2.14. The summed E-state index contributed by atoms with van der Waals surface area (Å²) in [6, 6.07) is 5.56. The van der Waals surface area contributed by atoms with Crippen molar-refractivity contribution in [3.05, 3.63) is 58.6 Å². The zero-order valence-electron chi connectivity index (χ0n) is 9.58. The zero-order valence-corrected chi connectivity index (χ0v) is 10.3. The average molecular weight is 265 g/mol. The molecule has 1 aromatic carbocycles. The largest absolute Gasteiger partial charge is 0.319 e. The van der Waals surface area contributed by atoms with Crippen molar-refractivity contribution in [1.29, 1.82) is 0 Å². The molecule has 0 atom stereocenters. The van der Waals surface area contributed by atoms with Crippen LogP contribution in [-0.2, 0) is 0 Å². The third kappa shape index (κ3) is 2.65. The van der Waals surface area contributed by atoms with Crippen LogP contribution in [-0.4, -0.2) is 10.9 Å². The molecule has 0 aliphatic heterocycles. The number of carbonyl (C=O) groups is 1. The minimum atomic E-state index is -0.372. The third-order valence-electron chi connectivity index (χ3n) is 2.45. The number of anilines is 1. The highest BCUT2D eigenvalue weighted by atomic mass is 35.5. The van der Waals surface area contributed by atoms with Crippen LogP contribution in [0, 0.1) is 12.7 Å². The molecule has 0 bridgehead atoms. The van der Waals surface area contributed by atoms with Gasteiger partial charge >= 0.3 is 0 Å². The minimum Gasteiger partial charge on any atom is -0.319 e. The molecule has 1 aromatic heterocycles. The van der Waals surface area contributed by atoms with Gasteiger partial charge in [0.1, 0.15) is 5.82 Å². The number of rotatable bonds is 2. The summed E-state index contributed by atoms with van der Waals surface area (Å²) in [7, 11) is 0. The van der Waals surface area contributed by atoms with Crippen molar-refractivity contribution in [1.82, 2.24) is 4.98 Å². The van der Waals surface area contributed by atoms with E-state index in [4.69, 9.17) is 11.6 Å². The van der Waals surface area contributed by atoms with Gasteiger partial charge in [-0.25, -0.2) is 4.39 Å². The molecule has 2 aromatic rings. The van der Waals surface area contributed by atoms with Gasteiger partial charge in [-0.1, -0.05) is 11.6 Å². The highest BCUT2D eigenvalue weighted by Crippen LogP contribution is 2.20. The van der Waals surface area contributed by atoms with E-state index in [0.29, 0.717) is 21.8 Å². The molecule has 5 heteroatoms. The minimum absolute atomic E-state index is 0.345. The van der Waals surface area contributed by atoms with Gasteiger partial charge in [0.25, 0.3) is 5.91 Å². The Morgan fingerprint density at radius 3 is 2.83 bits per heavy atom. The van der Waals surface area contributed by atoms with Crippen molar-refractivity contribution in [2.45, 2.75) is 6.92 Å². The van der Waals surface area contributed by atoms with E-state index in [9.17, 15) is 9.18 Å². The second-order valence-corrected chi connectivity index (χ2v) is 4.18. The molecule has 0 unspecified atom stereocenters. The van der Waals surface area contributed by atoms with Crippen LogP contribution >= 0.6 is 11.6 Å². The van der Waals surface area contributed by atoms with Crippen LogP contribution in [0.25, 0.3) is 0 Å². The number of hydrogen-bond donors (Lipinski definition) is 1. The Kier molecular flexibility index (Phi) is 3.58. The van der Waals surface area contributed by atoms with Gasteiger partial charge in [-0.05, 0) is 36.8 Å². The number of amides is 1. The van der Waals surface area contributed by atoms with Gasteiger partial charge in [-0.15, -0.1) is 0 Å². The number of hydrogen-bond acceptors (Lipinski definition) is 2. The molecule has 92 valence electrons. The van der Waals surface area contributed by atoms with E-state index in [-0.39, 0.29) is 11.7 Å². The van der Waals surface area contributed by atoms with Gasteiger partial charge in [0.05, 0.1) is 16.9 Å². The van der Waals surface area contributed by atoms with Gasteiger partial charge in [-0.2, -0.15) is 0 Å². The lowest BCUT2D eigenvalue weighted by atomic mass is 10.1. The second-order valence-electron chi connectivity index (χ2n) is 3.77. The average Bonchev–Trinajstić information content (AvgIpc) is 2.32. The van der Waals surface area contributed by atoms with E-state index >= 15 is 0 Å². The highest BCUT2D eigenvalue weighted by molar-refractivity contribution is 6.33. The topological polar surface area (TPSA) is 42.0 Å². The molecule has 18 heavy (non-hydrogen) atoms. The van der Waals surface area contributed by atoms with Gasteiger partial charge in [-0.3, -0.25) is 9.78 Å². The number of benzene rings is 1. The summed E-state index contributed by atoms with van der Waals surface area (Å²) in [6.45, 7) is 1.67. The molecule has 0 fully saturated rings. The number of pyridine rings is 1. The summed E-state index contributed by atoms with van der Waals surface area (Å²) >= 11 is 5.91. The summed E-state index contributed by atoms with van der Waals surface area (Å²) in [6.07, 6.45) is 2.99. The lowest BCUT2D eigenvalue weighted by Gasteiger charge is -2.08. The van der Waals surface area contributed by atoms with Gasteiger partial charge < -0.3 is 5.32 Å². The SMILES string of the molecule is Cc1cc(F)ccc1C(=O)Nc1cnccc1Cl. The molecule has 2 rings (SSSR count). The predicted octanol–water partition coefficient (Wildman–Crippen LogP) is 3.43. The van der Waals surface area contributed by atoms with Crippen molar-refractivity contribution in [3.63, 3.8) is 0 Å². The number of halogens is 2. The fourth-order valence-corrected chi connectivity index (χ4v) is 1.69. The van der Waals surface area contributed by atoms with E-state index in [1.165, 1.54) is 30.6 Å². The van der Waals surface area contributed by atoms with Crippen molar-refractivity contribution >= 4 is 23.2 Å².